The van der Waals surface area contributed by atoms with Crippen LogP contribution in [-0.2, 0) is 30.4 Å². The van der Waals surface area contributed by atoms with Gasteiger partial charge in [0, 0.05) is 26.1 Å². The van der Waals surface area contributed by atoms with Crippen LogP contribution in [-0.4, -0.2) is 54.7 Å². The number of rotatable bonds is 28. The average molecular weight is 537 g/mol. The van der Waals surface area contributed by atoms with Crippen molar-refractivity contribution in [1.82, 2.24) is 0 Å². The quantitative estimate of drug-likeness (QED) is 0.108. The normalized spacial score (nSPS) is 12.0. The van der Waals surface area contributed by atoms with Gasteiger partial charge in [0.05, 0.1) is 19.8 Å². The van der Waals surface area contributed by atoms with Crippen molar-refractivity contribution in [3.8, 4) is 0 Å². The number of carboxylic acid groups (broad SMARTS) is 2. The van der Waals surface area contributed by atoms with Crippen LogP contribution in [0.1, 0.15) is 115 Å². The van der Waals surface area contributed by atoms with Crippen molar-refractivity contribution in [2.24, 2.45) is 0 Å². The Morgan fingerprint density at radius 2 is 1.03 bits per heavy atom. The summed E-state index contributed by atoms with van der Waals surface area (Å²) in [6.07, 6.45) is 17.2. The Bertz CT molecular complexity index is 680. The van der Waals surface area contributed by atoms with Gasteiger partial charge in [0.1, 0.15) is 6.10 Å². The highest BCUT2D eigenvalue weighted by Gasteiger charge is 2.11. The molecule has 0 saturated heterocycles. The van der Waals surface area contributed by atoms with Gasteiger partial charge in [-0.2, -0.15) is 0 Å². The fourth-order valence-electron chi connectivity index (χ4n) is 4.29. The molecule has 0 aliphatic heterocycles. The molecule has 1 aromatic rings. The lowest BCUT2D eigenvalue weighted by Gasteiger charge is -2.18. The van der Waals surface area contributed by atoms with E-state index in [4.69, 9.17) is 24.4 Å². The van der Waals surface area contributed by atoms with Gasteiger partial charge in [-0.15, -0.1) is 0 Å². The van der Waals surface area contributed by atoms with Crippen LogP contribution in [0.15, 0.2) is 30.3 Å². The van der Waals surface area contributed by atoms with E-state index >= 15 is 0 Å². The van der Waals surface area contributed by atoms with Gasteiger partial charge in [0.25, 0.3) is 0 Å². The van der Waals surface area contributed by atoms with Crippen molar-refractivity contribution < 1.29 is 34.0 Å². The zero-order chi connectivity index (χ0) is 27.5. The topological polar surface area (TPSA) is 102 Å². The van der Waals surface area contributed by atoms with Crippen LogP contribution in [0, 0.1) is 0 Å². The van der Waals surface area contributed by atoms with Crippen LogP contribution in [0.3, 0.4) is 0 Å². The summed E-state index contributed by atoms with van der Waals surface area (Å²) in [5.41, 5.74) is 1.12. The molecule has 1 rings (SSSR count). The van der Waals surface area contributed by atoms with E-state index in [0.29, 0.717) is 39.3 Å². The molecule has 7 heteroatoms. The summed E-state index contributed by atoms with van der Waals surface area (Å²) in [6, 6.07) is 10.0. The molecule has 0 aliphatic carbocycles. The zero-order valence-corrected chi connectivity index (χ0v) is 23.5. The van der Waals surface area contributed by atoms with Gasteiger partial charge in [0.2, 0.25) is 0 Å². The van der Waals surface area contributed by atoms with Crippen LogP contribution < -0.4 is 0 Å². The van der Waals surface area contributed by atoms with Crippen LogP contribution in [0.4, 0.5) is 0 Å². The largest absolute Gasteiger partial charge is 0.481 e. The first-order chi connectivity index (χ1) is 18.6. The van der Waals surface area contributed by atoms with Crippen LogP contribution in [0.2, 0.25) is 0 Å². The second-order valence-corrected chi connectivity index (χ2v) is 10.2. The molecule has 1 atom stereocenters. The van der Waals surface area contributed by atoms with Crippen LogP contribution in [0.5, 0.6) is 0 Å². The van der Waals surface area contributed by atoms with Gasteiger partial charge < -0.3 is 24.4 Å². The van der Waals surface area contributed by atoms with Crippen LogP contribution in [0.25, 0.3) is 0 Å². The Morgan fingerprint density at radius 1 is 0.579 bits per heavy atom. The predicted octanol–water partition coefficient (Wildman–Crippen LogP) is 7.41. The van der Waals surface area contributed by atoms with Gasteiger partial charge >= 0.3 is 11.9 Å². The minimum Gasteiger partial charge on any atom is -0.481 e. The third-order valence-corrected chi connectivity index (χ3v) is 6.54. The molecule has 0 aliphatic rings. The molecule has 0 spiro atoms. The predicted molar refractivity (Wildman–Crippen MR) is 150 cm³/mol. The van der Waals surface area contributed by atoms with Crippen molar-refractivity contribution in [3.05, 3.63) is 35.9 Å². The van der Waals surface area contributed by atoms with Crippen molar-refractivity contribution in [2.45, 2.75) is 122 Å². The standard InChI is InChI=1S/C31H52O7/c32-30(33)21-15-10-8-6-4-2-1-3-5-7-9-11-17-23-36-26-29(38-24-18-16-22-31(34)35)27-37-25-28-19-13-12-14-20-28/h12-14,19-20,29H,1-11,15-18,21-27H2,(H,32,33)(H,34,35)/t29-/m0/s1. The van der Waals surface area contributed by atoms with Gasteiger partial charge in [-0.25, -0.2) is 0 Å². The number of carbonyl (C=O) groups is 2. The van der Waals surface area contributed by atoms with E-state index in [-0.39, 0.29) is 12.5 Å². The first-order valence-electron chi connectivity index (χ1n) is 14.8. The number of hydrogen-bond acceptors (Lipinski definition) is 5. The van der Waals surface area contributed by atoms with E-state index in [1.807, 2.05) is 30.3 Å². The molecule has 0 bridgehead atoms. The molecule has 0 unspecified atom stereocenters. The number of aliphatic carboxylic acids is 2. The van der Waals surface area contributed by atoms with Gasteiger partial charge in [-0.05, 0) is 31.2 Å². The lowest BCUT2D eigenvalue weighted by atomic mass is 10.0. The second kappa shape index (κ2) is 25.3. The summed E-state index contributed by atoms with van der Waals surface area (Å²) < 4.78 is 17.7. The minimum atomic E-state index is -0.769. The number of ether oxygens (including phenoxy) is 3. The Morgan fingerprint density at radius 3 is 1.58 bits per heavy atom. The molecule has 38 heavy (non-hydrogen) atoms. The highest BCUT2D eigenvalue weighted by molar-refractivity contribution is 5.66. The number of carboxylic acids is 2. The van der Waals surface area contributed by atoms with Crippen molar-refractivity contribution in [2.75, 3.05) is 26.4 Å². The summed E-state index contributed by atoms with van der Waals surface area (Å²) >= 11 is 0. The maximum absolute atomic E-state index is 10.7. The highest BCUT2D eigenvalue weighted by atomic mass is 16.6. The fourth-order valence-corrected chi connectivity index (χ4v) is 4.29. The highest BCUT2D eigenvalue weighted by Crippen LogP contribution is 2.13. The van der Waals surface area contributed by atoms with Gasteiger partial charge in [0.15, 0.2) is 0 Å². The summed E-state index contributed by atoms with van der Waals surface area (Å²) in [4.78, 5) is 21.1. The monoisotopic (exact) mass is 536 g/mol. The fraction of sp³-hybridized carbons (Fsp3) is 0.742. The molecule has 218 valence electrons. The van der Waals surface area contributed by atoms with E-state index in [1.165, 1.54) is 57.8 Å². The molecule has 0 saturated carbocycles. The summed E-state index contributed by atoms with van der Waals surface area (Å²) in [6.45, 7) is 2.73. The molecule has 2 N–H and O–H groups in total. The Balaban J connectivity index is 1.99. The Kier molecular flexibility index (Phi) is 22.7. The number of benzene rings is 1. The van der Waals surface area contributed by atoms with E-state index in [2.05, 4.69) is 0 Å². The summed E-state index contributed by atoms with van der Waals surface area (Å²) in [7, 11) is 0. The maximum atomic E-state index is 10.7. The van der Waals surface area contributed by atoms with Crippen molar-refractivity contribution >= 4 is 11.9 Å². The first-order valence-corrected chi connectivity index (χ1v) is 14.8. The van der Waals surface area contributed by atoms with E-state index in [0.717, 1.165) is 44.3 Å². The smallest absolute Gasteiger partial charge is 0.303 e. The molecule has 0 heterocycles. The molecule has 0 fully saturated rings. The average Bonchev–Trinajstić information content (AvgIpc) is 2.90. The maximum Gasteiger partial charge on any atom is 0.303 e. The molecule has 0 radical (unpaired) electrons. The van der Waals surface area contributed by atoms with Crippen LogP contribution >= 0.6 is 0 Å². The molecule has 0 aromatic heterocycles. The molecule has 1 aromatic carbocycles. The Labute approximate surface area is 230 Å². The van der Waals surface area contributed by atoms with Crippen molar-refractivity contribution in [1.29, 1.82) is 0 Å². The van der Waals surface area contributed by atoms with Gasteiger partial charge in [-0.1, -0.05) is 101 Å². The molecule has 0 amide bonds. The molecular weight excluding hydrogens is 484 g/mol. The van der Waals surface area contributed by atoms with Crippen molar-refractivity contribution in [3.63, 3.8) is 0 Å². The Hall–Kier alpha value is -1.96. The first kappa shape index (κ1) is 34.1. The third-order valence-electron chi connectivity index (χ3n) is 6.54. The zero-order valence-electron chi connectivity index (χ0n) is 23.5. The van der Waals surface area contributed by atoms with E-state index in [1.54, 1.807) is 0 Å². The lowest BCUT2D eigenvalue weighted by molar-refractivity contribution is -0.138. The second-order valence-electron chi connectivity index (χ2n) is 10.2. The summed E-state index contributed by atoms with van der Waals surface area (Å²) in [5, 5.41) is 17.4. The number of hydrogen-bond donors (Lipinski definition) is 2. The SMILES string of the molecule is O=C(O)CCCCCCCCCCCCCCCOC[C@@H](COCc1ccccc1)OCCCCC(=O)O. The molecule has 7 nitrogen and oxygen atoms in total. The van der Waals surface area contributed by atoms with E-state index < -0.39 is 11.9 Å². The number of unbranched alkanes of at least 4 members (excludes halogenated alkanes) is 13. The summed E-state index contributed by atoms with van der Waals surface area (Å²) in [5.74, 6) is -1.45. The van der Waals surface area contributed by atoms with Gasteiger partial charge in [-0.3, -0.25) is 9.59 Å². The van der Waals surface area contributed by atoms with E-state index in [9.17, 15) is 9.59 Å². The lowest BCUT2D eigenvalue weighted by Crippen LogP contribution is -2.26. The third kappa shape index (κ3) is 23.2. The molecular formula is C31H52O7. The minimum absolute atomic E-state index is 0.145.